The average molecular weight is 250 g/mol. The van der Waals surface area contributed by atoms with E-state index in [1.165, 1.54) is 6.07 Å². The molecule has 0 radical (unpaired) electrons. The predicted molar refractivity (Wildman–Crippen MR) is 61.5 cm³/mol. The molecule has 0 saturated carbocycles. The minimum atomic E-state index is -1.27. The molecule has 0 amide bonds. The van der Waals surface area contributed by atoms with Gasteiger partial charge in [0, 0.05) is 5.56 Å². The second kappa shape index (κ2) is 6.40. The first-order valence-corrected chi connectivity index (χ1v) is 5.22. The van der Waals surface area contributed by atoms with Gasteiger partial charge in [0.1, 0.15) is 12.2 Å². The number of carboxylic acid groups (broad SMARTS) is 1. The fourth-order valence-electron chi connectivity index (χ4n) is 1.23. The van der Waals surface area contributed by atoms with Crippen molar-refractivity contribution in [3.63, 3.8) is 0 Å². The van der Waals surface area contributed by atoms with Crippen molar-refractivity contribution in [3.8, 4) is 11.8 Å². The number of ether oxygens (including phenoxy) is 1. The highest BCUT2D eigenvalue weighted by Crippen LogP contribution is 2.10. The van der Waals surface area contributed by atoms with E-state index in [4.69, 9.17) is 5.11 Å². The van der Waals surface area contributed by atoms with Gasteiger partial charge < -0.3 is 9.84 Å². The molecular formula is C13H11FO4. The second-order valence-corrected chi connectivity index (χ2v) is 3.28. The average Bonchev–Trinajstić information content (AvgIpc) is 2.31. The number of carboxylic acids is 1. The Morgan fingerprint density at radius 1 is 1.44 bits per heavy atom. The lowest BCUT2D eigenvalue weighted by molar-refractivity contribution is -0.141. The number of carbonyl (C=O) groups excluding carboxylic acids is 1. The molecule has 1 N–H and O–H groups in total. The summed E-state index contributed by atoms with van der Waals surface area (Å²) in [6.45, 7) is 1.94. The first-order valence-electron chi connectivity index (χ1n) is 5.22. The third kappa shape index (κ3) is 3.91. The zero-order valence-electron chi connectivity index (χ0n) is 9.70. The summed E-state index contributed by atoms with van der Waals surface area (Å²) in [5.74, 6) is 2.60. The molecule has 0 aliphatic carbocycles. The zero-order chi connectivity index (χ0) is 13.5. The van der Waals surface area contributed by atoms with Crippen LogP contribution in [-0.4, -0.2) is 23.7 Å². The molecule has 1 aromatic rings. The number of hydrogen-bond donors (Lipinski definition) is 1. The Hall–Kier alpha value is -2.35. The van der Waals surface area contributed by atoms with Gasteiger partial charge >= 0.3 is 11.9 Å². The maximum atomic E-state index is 12.9. The molecule has 18 heavy (non-hydrogen) atoms. The quantitative estimate of drug-likeness (QED) is 0.656. The molecule has 0 spiro atoms. The van der Waals surface area contributed by atoms with Crippen molar-refractivity contribution in [2.45, 2.75) is 13.3 Å². The van der Waals surface area contributed by atoms with E-state index in [1.54, 1.807) is 6.92 Å². The Bertz CT molecular complexity index is 526. The molecule has 0 aliphatic heterocycles. The van der Waals surface area contributed by atoms with Crippen LogP contribution < -0.4 is 0 Å². The summed E-state index contributed by atoms with van der Waals surface area (Å²) in [5, 5.41) is 8.86. The van der Waals surface area contributed by atoms with Crippen molar-refractivity contribution >= 4 is 11.9 Å². The van der Waals surface area contributed by atoms with Crippen molar-refractivity contribution in [3.05, 3.63) is 35.1 Å². The van der Waals surface area contributed by atoms with E-state index in [0.717, 1.165) is 12.1 Å². The van der Waals surface area contributed by atoms with Crippen LogP contribution in [0.15, 0.2) is 18.2 Å². The van der Waals surface area contributed by atoms with Gasteiger partial charge in [-0.15, -0.1) is 0 Å². The van der Waals surface area contributed by atoms with Gasteiger partial charge in [-0.1, -0.05) is 11.8 Å². The molecule has 0 fully saturated rings. The van der Waals surface area contributed by atoms with Crippen molar-refractivity contribution in [2.24, 2.45) is 0 Å². The molecule has 94 valence electrons. The van der Waals surface area contributed by atoms with Crippen molar-refractivity contribution in [2.75, 3.05) is 6.61 Å². The second-order valence-electron chi connectivity index (χ2n) is 3.28. The van der Waals surface area contributed by atoms with E-state index < -0.39 is 17.8 Å². The van der Waals surface area contributed by atoms with Gasteiger partial charge in [-0.2, -0.15) is 0 Å². The summed E-state index contributed by atoms with van der Waals surface area (Å²) in [5.41, 5.74) is -0.0699. The predicted octanol–water partition coefficient (Wildman–Crippen LogP) is 1.83. The van der Waals surface area contributed by atoms with Gasteiger partial charge in [0.05, 0.1) is 12.2 Å². The molecule has 0 heterocycles. The monoisotopic (exact) mass is 250 g/mol. The van der Waals surface area contributed by atoms with E-state index in [0.29, 0.717) is 0 Å². The Kier molecular flexibility index (Phi) is 4.88. The first-order chi connectivity index (χ1) is 8.54. The standard InChI is InChI=1S/C13H11FO4/c1-2-18-12(15)5-3-4-9-6-7-10(14)8-11(9)13(16)17/h6-8H,2,5H2,1H3,(H,16,17). The van der Waals surface area contributed by atoms with Crippen molar-refractivity contribution in [1.82, 2.24) is 0 Å². The summed E-state index contributed by atoms with van der Waals surface area (Å²) in [7, 11) is 0. The molecule has 5 heteroatoms. The molecule has 0 saturated heterocycles. The maximum Gasteiger partial charge on any atom is 0.337 e. The lowest BCUT2D eigenvalue weighted by atomic mass is 10.1. The lowest BCUT2D eigenvalue weighted by Crippen LogP contribution is -2.02. The highest BCUT2D eigenvalue weighted by atomic mass is 19.1. The molecule has 0 aliphatic rings. The van der Waals surface area contributed by atoms with E-state index in [2.05, 4.69) is 16.6 Å². The molecular weight excluding hydrogens is 239 g/mol. The van der Waals surface area contributed by atoms with Crippen LogP contribution in [0.1, 0.15) is 29.3 Å². The minimum absolute atomic E-state index is 0.135. The van der Waals surface area contributed by atoms with Gasteiger partial charge in [-0.25, -0.2) is 9.18 Å². The largest absolute Gasteiger partial charge is 0.478 e. The van der Waals surface area contributed by atoms with Crippen molar-refractivity contribution in [1.29, 1.82) is 0 Å². The van der Waals surface area contributed by atoms with Gasteiger partial charge in [0.2, 0.25) is 0 Å². The van der Waals surface area contributed by atoms with Crippen LogP contribution in [0, 0.1) is 17.7 Å². The minimum Gasteiger partial charge on any atom is -0.478 e. The summed E-state index contributed by atoms with van der Waals surface area (Å²) in [4.78, 5) is 21.9. The maximum absolute atomic E-state index is 12.9. The molecule has 4 nitrogen and oxygen atoms in total. The number of halogens is 1. The number of hydrogen-bond acceptors (Lipinski definition) is 3. The SMILES string of the molecule is CCOC(=O)CC#Cc1ccc(F)cc1C(=O)O. The number of rotatable bonds is 3. The topological polar surface area (TPSA) is 63.6 Å². The fourth-order valence-corrected chi connectivity index (χ4v) is 1.23. The third-order valence-corrected chi connectivity index (χ3v) is 1.97. The van der Waals surface area contributed by atoms with Crippen LogP contribution in [0.4, 0.5) is 4.39 Å². The van der Waals surface area contributed by atoms with E-state index in [9.17, 15) is 14.0 Å². The zero-order valence-corrected chi connectivity index (χ0v) is 9.70. The molecule has 0 aromatic heterocycles. The van der Waals surface area contributed by atoms with Gasteiger partial charge in [-0.3, -0.25) is 4.79 Å². The van der Waals surface area contributed by atoms with E-state index in [1.807, 2.05) is 0 Å². The Labute approximate surface area is 103 Å². The fraction of sp³-hybridized carbons (Fsp3) is 0.231. The molecule has 0 unspecified atom stereocenters. The summed E-state index contributed by atoms with van der Waals surface area (Å²) in [6.07, 6.45) is -0.135. The van der Waals surface area contributed by atoms with Crippen LogP contribution >= 0.6 is 0 Å². The van der Waals surface area contributed by atoms with Crippen LogP contribution in [0.5, 0.6) is 0 Å². The molecule has 1 rings (SSSR count). The Morgan fingerprint density at radius 2 is 2.17 bits per heavy atom. The van der Waals surface area contributed by atoms with Crippen LogP contribution in [0.25, 0.3) is 0 Å². The summed E-state index contributed by atoms with van der Waals surface area (Å²) in [6, 6.07) is 3.26. The normalized spacial score (nSPS) is 9.22. The van der Waals surface area contributed by atoms with Crippen LogP contribution in [-0.2, 0) is 9.53 Å². The lowest BCUT2D eigenvalue weighted by Gasteiger charge is -1.99. The Morgan fingerprint density at radius 3 is 2.78 bits per heavy atom. The smallest absolute Gasteiger partial charge is 0.337 e. The van der Waals surface area contributed by atoms with E-state index in [-0.39, 0.29) is 24.2 Å². The Balaban J connectivity index is 2.88. The van der Waals surface area contributed by atoms with Gasteiger partial charge in [-0.05, 0) is 25.1 Å². The molecule has 0 atom stereocenters. The van der Waals surface area contributed by atoms with Gasteiger partial charge in [0.25, 0.3) is 0 Å². The van der Waals surface area contributed by atoms with E-state index >= 15 is 0 Å². The van der Waals surface area contributed by atoms with Crippen LogP contribution in [0.3, 0.4) is 0 Å². The van der Waals surface area contributed by atoms with Gasteiger partial charge in [0.15, 0.2) is 0 Å². The van der Waals surface area contributed by atoms with Crippen LogP contribution in [0.2, 0.25) is 0 Å². The number of esters is 1. The summed E-state index contributed by atoms with van der Waals surface area (Å²) >= 11 is 0. The van der Waals surface area contributed by atoms with Crippen molar-refractivity contribution < 1.29 is 23.8 Å². The number of aromatic carboxylic acids is 1. The molecule has 1 aromatic carbocycles. The highest BCUT2D eigenvalue weighted by molar-refractivity contribution is 5.90. The molecule has 0 bridgehead atoms. The number of carbonyl (C=O) groups is 2. The highest BCUT2D eigenvalue weighted by Gasteiger charge is 2.09. The number of benzene rings is 1. The summed E-state index contributed by atoms with van der Waals surface area (Å²) < 4.78 is 17.5. The third-order valence-electron chi connectivity index (χ3n) is 1.97. The first kappa shape index (κ1) is 13.7.